The molecule has 0 radical (unpaired) electrons. The minimum absolute atomic E-state index is 0.549. The van der Waals surface area contributed by atoms with Crippen LogP contribution in [-0.2, 0) is 13.0 Å². The molecular formula is C15H19BrN2. The maximum Gasteiger partial charge on any atom is 0.0524 e. The van der Waals surface area contributed by atoms with Crippen molar-refractivity contribution in [2.24, 2.45) is 5.73 Å². The summed E-state index contributed by atoms with van der Waals surface area (Å²) in [6.07, 6.45) is 5.74. The van der Waals surface area contributed by atoms with Crippen LogP contribution < -0.4 is 5.73 Å². The first-order valence-electron chi connectivity index (χ1n) is 6.72. The average Bonchev–Trinajstić information content (AvgIpc) is 2.68. The van der Waals surface area contributed by atoms with E-state index in [9.17, 15) is 0 Å². The second kappa shape index (κ2) is 4.71. The number of benzene rings is 1. The van der Waals surface area contributed by atoms with E-state index in [1.165, 1.54) is 39.3 Å². The van der Waals surface area contributed by atoms with Crippen molar-refractivity contribution in [3.05, 3.63) is 33.9 Å². The van der Waals surface area contributed by atoms with E-state index in [1.54, 1.807) is 0 Å². The fourth-order valence-corrected chi connectivity index (χ4v) is 3.57. The van der Waals surface area contributed by atoms with Crippen LogP contribution >= 0.6 is 15.9 Å². The van der Waals surface area contributed by atoms with E-state index in [0.29, 0.717) is 5.92 Å². The Hall–Kier alpha value is -0.800. The van der Waals surface area contributed by atoms with Gasteiger partial charge in [-0.25, -0.2) is 0 Å². The summed E-state index contributed by atoms with van der Waals surface area (Å²) in [6.45, 7) is 4.18. The molecule has 2 aromatic rings. The number of aryl methyl sites for hydroxylation is 2. The Labute approximate surface area is 116 Å². The summed E-state index contributed by atoms with van der Waals surface area (Å²) in [4.78, 5) is 0. The largest absolute Gasteiger partial charge is 0.346 e. The first kappa shape index (κ1) is 12.2. The molecular weight excluding hydrogens is 288 g/mol. The topological polar surface area (TPSA) is 30.9 Å². The van der Waals surface area contributed by atoms with E-state index in [0.717, 1.165) is 19.5 Å². The van der Waals surface area contributed by atoms with E-state index in [1.807, 2.05) is 0 Å². The fourth-order valence-electron chi connectivity index (χ4n) is 3.02. The molecule has 0 saturated heterocycles. The predicted octanol–water partition coefficient (Wildman–Crippen LogP) is 3.80. The maximum absolute atomic E-state index is 5.68. The van der Waals surface area contributed by atoms with Gasteiger partial charge in [0.25, 0.3) is 0 Å². The first-order chi connectivity index (χ1) is 8.70. The van der Waals surface area contributed by atoms with E-state index < -0.39 is 0 Å². The molecule has 1 atom stereocenters. The fraction of sp³-hybridized carbons (Fsp3) is 0.467. The molecule has 2 N–H and O–H groups in total. The third kappa shape index (κ3) is 1.90. The molecule has 2 nitrogen and oxygen atoms in total. The highest BCUT2D eigenvalue weighted by atomic mass is 79.9. The number of hydrogen-bond donors (Lipinski definition) is 1. The number of nitrogens with two attached hydrogens (primary N) is 1. The third-order valence-corrected chi connectivity index (χ3v) is 4.67. The molecule has 3 heteroatoms. The van der Waals surface area contributed by atoms with Gasteiger partial charge in [0.05, 0.1) is 5.52 Å². The SMILES string of the molecule is CC(CCN)c1cc2c3c(c1)c(Br)cn3CCC2. The maximum atomic E-state index is 5.68. The molecule has 18 heavy (non-hydrogen) atoms. The molecule has 96 valence electrons. The Kier molecular flexibility index (Phi) is 3.20. The molecule has 1 aliphatic heterocycles. The lowest BCUT2D eigenvalue weighted by Crippen LogP contribution is -2.09. The smallest absolute Gasteiger partial charge is 0.0524 e. The van der Waals surface area contributed by atoms with Gasteiger partial charge in [-0.2, -0.15) is 0 Å². The van der Waals surface area contributed by atoms with Gasteiger partial charge in [-0.15, -0.1) is 0 Å². The molecule has 0 amide bonds. The van der Waals surface area contributed by atoms with Gasteiger partial charge in [0.2, 0.25) is 0 Å². The van der Waals surface area contributed by atoms with Crippen molar-refractivity contribution in [1.82, 2.24) is 4.57 Å². The molecule has 0 aliphatic carbocycles. The summed E-state index contributed by atoms with van der Waals surface area (Å²) in [5.41, 5.74) is 10.0. The van der Waals surface area contributed by atoms with E-state index in [-0.39, 0.29) is 0 Å². The second-order valence-corrected chi connectivity index (χ2v) is 6.18. The molecule has 0 bridgehead atoms. The van der Waals surface area contributed by atoms with Crippen molar-refractivity contribution < 1.29 is 0 Å². The summed E-state index contributed by atoms with van der Waals surface area (Å²) >= 11 is 3.70. The molecule has 0 fully saturated rings. The van der Waals surface area contributed by atoms with Gasteiger partial charge in [0.1, 0.15) is 0 Å². The Morgan fingerprint density at radius 2 is 2.28 bits per heavy atom. The summed E-state index contributed by atoms with van der Waals surface area (Å²) in [5.74, 6) is 0.549. The molecule has 1 aliphatic rings. The van der Waals surface area contributed by atoms with Crippen LogP contribution in [0.1, 0.15) is 36.8 Å². The first-order valence-corrected chi connectivity index (χ1v) is 7.51. The quantitative estimate of drug-likeness (QED) is 0.918. The summed E-state index contributed by atoms with van der Waals surface area (Å²) in [7, 11) is 0. The number of rotatable bonds is 3. The van der Waals surface area contributed by atoms with E-state index in [4.69, 9.17) is 5.73 Å². The summed E-state index contributed by atoms with van der Waals surface area (Å²) in [6, 6.07) is 4.73. The van der Waals surface area contributed by atoms with Crippen molar-refractivity contribution in [2.45, 2.75) is 38.6 Å². The third-order valence-electron chi connectivity index (χ3n) is 4.04. The lowest BCUT2D eigenvalue weighted by molar-refractivity contribution is 0.632. The Morgan fingerprint density at radius 1 is 1.44 bits per heavy atom. The average molecular weight is 307 g/mol. The molecule has 1 aromatic heterocycles. The Bertz CT molecular complexity index is 586. The van der Waals surface area contributed by atoms with Crippen LogP contribution in [0.4, 0.5) is 0 Å². The van der Waals surface area contributed by atoms with Gasteiger partial charge in [-0.3, -0.25) is 0 Å². The van der Waals surface area contributed by atoms with Crippen LogP contribution in [0.5, 0.6) is 0 Å². The van der Waals surface area contributed by atoms with Gasteiger partial charge >= 0.3 is 0 Å². The highest BCUT2D eigenvalue weighted by molar-refractivity contribution is 9.10. The highest BCUT2D eigenvalue weighted by Crippen LogP contribution is 2.35. The highest BCUT2D eigenvalue weighted by Gasteiger charge is 2.17. The lowest BCUT2D eigenvalue weighted by Gasteiger charge is -2.19. The van der Waals surface area contributed by atoms with Crippen LogP contribution in [0.2, 0.25) is 0 Å². The molecule has 1 aromatic carbocycles. The second-order valence-electron chi connectivity index (χ2n) is 5.33. The normalized spacial score (nSPS) is 16.2. The summed E-state index contributed by atoms with van der Waals surface area (Å²) in [5, 5.41) is 1.37. The van der Waals surface area contributed by atoms with Crippen molar-refractivity contribution in [1.29, 1.82) is 0 Å². The molecule has 3 rings (SSSR count). The Morgan fingerprint density at radius 3 is 3.06 bits per heavy atom. The van der Waals surface area contributed by atoms with Crippen molar-refractivity contribution in [2.75, 3.05) is 6.54 Å². The predicted molar refractivity (Wildman–Crippen MR) is 80.0 cm³/mol. The number of halogens is 1. The Balaban J connectivity index is 2.17. The summed E-state index contributed by atoms with van der Waals surface area (Å²) < 4.78 is 3.61. The van der Waals surface area contributed by atoms with Crippen LogP contribution in [0.3, 0.4) is 0 Å². The van der Waals surface area contributed by atoms with Gasteiger partial charge in [-0.05, 0) is 64.8 Å². The number of nitrogens with zero attached hydrogens (tertiary/aromatic N) is 1. The standard InChI is InChI=1S/C15H19BrN2/c1-10(4-5-17)12-7-11-3-2-6-18-9-14(16)13(8-12)15(11)18/h7-10H,2-6,17H2,1H3. The van der Waals surface area contributed by atoms with E-state index in [2.05, 4.69) is 45.8 Å². The van der Waals surface area contributed by atoms with E-state index >= 15 is 0 Å². The molecule has 1 unspecified atom stereocenters. The number of aromatic nitrogens is 1. The van der Waals surface area contributed by atoms with Gasteiger partial charge in [0.15, 0.2) is 0 Å². The molecule has 0 spiro atoms. The van der Waals surface area contributed by atoms with Crippen LogP contribution in [0, 0.1) is 0 Å². The van der Waals surface area contributed by atoms with Gasteiger partial charge in [0, 0.05) is 22.6 Å². The minimum atomic E-state index is 0.549. The minimum Gasteiger partial charge on any atom is -0.346 e. The van der Waals surface area contributed by atoms with Crippen molar-refractivity contribution >= 4 is 26.8 Å². The lowest BCUT2D eigenvalue weighted by atomic mass is 9.92. The monoisotopic (exact) mass is 306 g/mol. The van der Waals surface area contributed by atoms with Crippen molar-refractivity contribution in [3.8, 4) is 0 Å². The van der Waals surface area contributed by atoms with Crippen LogP contribution in [0.15, 0.2) is 22.8 Å². The van der Waals surface area contributed by atoms with Gasteiger partial charge < -0.3 is 10.3 Å². The van der Waals surface area contributed by atoms with Crippen molar-refractivity contribution in [3.63, 3.8) is 0 Å². The van der Waals surface area contributed by atoms with Crippen LogP contribution in [0.25, 0.3) is 10.9 Å². The van der Waals surface area contributed by atoms with Crippen LogP contribution in [-0.4, -0.2) is 11.1 Å². The molecule has 2 heterocycles. The zero-order valence-electron chi connectivity index (χ0n) is 10.7. The molecule has 0 saturated carbocycles. The van der Waals surface area contributed by atoms with Gasteiger partial charge in [-0.1, -0.05) is 13.0 Å². The zero-order chi connectivity index (χ0) is 12.7. The zero-order valence-corrected chi connectivity index (χ0v) is 12.3. The number of hydrogen-bond acceptors (Lipinski definition) is 1.